The summed E-state index contributed by atoms with van der Waals surface area (Å²) in [6.07, 6.45) is 4.27. The average molecular weight is 251 g/mol. The van der Waals surface area contributed by atoms with E-state index < -0.39 is 0 Å². The topological polar surface area (TPSA) is 18.5 Å². The van der Waals surface area contributed by atoms with Crippen molar-refractivity contribution < 1.29 is 0 Å². The maximum Gasteiger partial charge on any atom is 0.0145 e. The van der Waals surface area contributed by atoms with E-state index in [1.807, 2.05) is 0 Å². The second kappa shape index (κ2) is 5.48. The molecule has 0 aromatic heterocycles. The zero-order chi connectivity index (χ0) is 12.5. The molecule has 4 atom stereocenters. The highest BCUT2D eigenvalue weighted by Crippen LogP contribution is 2.30. The van der Waals surface area contributed by atoms with E-state index in [0.29, 0.717) is 0 Å². The van der Waals surface area contributed by atoms with Crippen molar-refractivity contribution in [1.29, 1.82) is 0 Å². The third-order valence-electron chi connectivity index (χ3n) is 5.60. The van der Waals surface area contributed by atoms with E-state index in [1.165, 1.54) is 58.5 Å². The zero-order valence-electron chi connectivity index (χ0n) is 12.1. The van der Waals surface area contributed by atoms with Gasteiger partial charge in [0.1, 0.15) is 0 Å². The number of nitrogens with zero attached hydrogens (tertiary/aromatic N) is 2. The third kappa shape index (κ3) is 2.59. The van der Waals surface area contributed by atoms with Crippen LogP contribution >= 0.6 is 0 Å². The van der Waals surface area contributed by atoms with Crippen LogP contribution in [0.1, 0.15) is 26.2 Å². The number of likely N-dealkylation sites (tertiary alicyclic amines) is 2. The summed E-state index contributed by atoms with van der Waals surface area (Å²) in [5.41, 5.74) is 0. The minimum absolute atomic E-state index is 0.872. The van der Waals surface area contributed by atoms with Crippen molar-refractivity contribution in [2.45, 2.75) is 32.2 Å². The van der Waals surface area contributed by atoms with Crippen molar-refractivity contribution in [3.8, 4) is 0 Å². The van der Waals surface area contributed by atoms with Gasteiger partial charge in [-0.25, -0.2) is 0 Å². The van der Waals surface area contributed by atoms with Crippen LogP contribution in [-0.2, 0) is 0 Å². The summed E-state index contributed by atoms with van der Waals surface area (Å²) in [6.45, 7) is 10.2. The van der Waals surface area contributed by atoms with Gasteiger partial charge in [-0.1, -0.05) is 6.92 Å². The summed E-state index contributed by atoms with van der Waals surface area (Å²) in [5, 5.41) is 3.54. The van der Waals surface area contributed by atoms with Gasteiger partial charge in [0, 0.05) is 19.1 Å². The summed E-state index contributed by atoms with van der Waals surface area (Å²) in [6, 6.07) is 0.883. The van der Waals surface area contributed by atoms with Gasteiger partial charge in [0.2, 0.25) is 0 Å². The Bertz CT molecular complexity index is 281. The highest BCUT2D eigenvalue weighted by atomic mass is 15.2. The molecule has 0 aromatic carbocycles. The second-order valence-electron chi connectivity index (χ2n) is 6.89. The SMILES string of the molecule is CC1CNCC1CN1CCC2C(CCCN2C)C1. The van der Waals surface area contributed by atoms with Crippen molar-refractivity contribution in [1.82, 2.24) is 15.1 Å². The van der Waals surface area contributed by atoms with Gasteiger partial charge in [0.25, 0.3) is 0 Å². The summed E-state index contributed by atoms with van der Waals surface area (Å²) in [4.78, 5) is 5.37. The summed E-state index contributed by atoms with van der Waals surface area (Å²) < 4.78 is 0. The smallest absolute Gasteiger partial charge is 0.0145 e. The van der Waals surface area contributed by atoms with Gasteiger partial charge in [-0.2, -0.15) is 0 Å². The molecule has 3 heteroatoms. The number of fused-ring (bicyclic) bond motifs is 1. The van der Waals surface area contributed by atoms with Crippen LogP contribution in [0.5, 0.6) is 0 Å². The third-order valence-corrected chi connectivity index (χ3v) is 5.60. The predicted molar refractivity (Wildman–Crippen MR) is 75.7 cm³/mol. The molecule has 3 fully saturated rings. The number of nitrogens with one attached hydrogen (secondary N) is 1. The molecule has 0 saturated carbocycles. The molecule has 0 amide bonds. The second-order valence-corrected chi connectivity index (χ2v) is 6.89. The summed E-state index contributed by atoms with van der Waals surface area (Å²) in [5.74, 6) is 2.71. The standard InChI is InChI=1S/C15H29N3/c1-12-8-16-9-14(12)11-18-7-5-15-13(10-18)4-3-6-17(15)2/h12-16H,3-11H2,1-2H3. The molecule has 18 heavy (non-hydrogen) atoms. The predicted octanol–water partition coefficient (Wildman–Crippen LogP) is 1.26. The van der Waals surface area contributed by atoms with E-state index in [9.17, 15) is 0 Å². The van der Waals surface area contributed by atoms with Gasteiger partial charge >= 0.3 is 0 Å². The minimum Gasteiger partial charge on any atom is -0.316 e. The van der Waals surface area contributed by atoms with E-state index in [1.54, 1.807) is 0 Å². The fourth-order valence-corrected chi connectivity index (χ4v) is 4.33. The maximum atomic E-state index is 3.54. The molecule has 3 nitrogen and oxygen atoms in total. The molecule has 3 aliphatic heterocycles. The van der Waals surface area contributed by atoms with Gasteiger partial charge in [0.15, 0.2) is 0 Å². The normalized spacial score (nSPS) is 43.0. The zero-order valence-corrected chi connectivity index (χ0v) is 12.1. The first-order valence-electron chi connectivity index (χ1n) is 7.87. The Kier molecular flexibility index (Phi) is 3.92. The first kappa shape index (κ1) is 12.9. The maximum absolute atomic E-state index is 3.54. The molecule has 4 unspecified atom stereocenters. The van der Waals surface area contributed by atoms with E-state index in [0.717, 1.165) is 23.8 Å². The molecule has 0 radical (unpaired) electrons. The summed E-state index contributed by atoms with van der Waals surface area (Å²) in [7, 11) is 2.33. The van der Waals surface area contributed by atoms with Crippen LogP contribution in [0.3, 0.4) is 0 Å². The van der Waals surface area contributed by atoms with Crippen molar-refractivity contribution in [2.75, 3.05) is 46.3 Å². The molecule has 0 bridgehead atoms. The molecule has 3 heterocycles. The lowest BCUT2D eigenvalue weighted by Gasteiger charge is -2.46. The molecule has 104 valence electrons. The fourth-order valence-electron chi connectivity index (χ4n) is 4.33. The van der Waals surface area contributed by atoms with Crippen LogP contribution in [0.15, 0.2) is 0 Å². The Balaban J connectivity index is 1.54. The van der Waals surface area contributed by atoms with Crippen LogP contribution < -0.4 is 5.32 Å². The molecule has 1 N–H and O–H groups in total. The number of hydrogen-bond donors (Lipinski definition) is 1. The first-order chi connectivity index (χ1) is 8.74. The van der Waals surface area contributed by atoms with Crippen LogP contribution in [-0.4, -0.2) is 62.2 Å². The molecule has 0 aromatic rings. The molecular formula is C15H29N3. The van der Waals surface area contributed by atoms with E-state index in [4.69, 9.17) is 0 Å². The van der Waals surface area contributed by atoms with Crippen molar-refractivity contribution in [2.24, 2.45) is 17.8 Å². The highest BCUT2D eigenvalue weighted by Gasteiger charge is 2.35. The molecule has 3 rings (SSSR count). The van der Waals surface area contributed by atoms with Gasteiger partial charge < -0.3 is 15.1 Å². The van der Waals surface area contributed by atoms with Gasteiger partial charge in [0.05, 0.1) is 0 Å². The van der Waals surface area contributed by atoms with Crippen LogP contribution in [0.2, 0.25) is 0 Å². The van der Waals surface area contributed by atoms with E-state index in [2.05, 4.69) is 29.1 Å². The van der Waals surface area contributed by atoms with Gasteiger partial charge in [-0.15, -0.1) is 0 Å². The van der Waals surface area contributed by atoms with Crippen molar-refractivity contribution in [3.05, 3.63) is 0 Å². The fraction of sp³-hybridized carbons (Fsp3) is 1.00. The number of piperidine rings is 2. The molecule has 0 spiro atoms. The quantitative estimate of drug-likeness (QED) is 0.797. The molecular weight excluding hydrogens is 222 g/mol. The lowest BCUT2D eigenvalue weighted by atomic mass is 9.83. The number of hydrogen-bond acceptors (Lipinski definition) is 3. The van der Waals surface area contributed by atoms with E-state index in [-0.39, 0.29) is 0 Å². The Morgan fingerprint density at radius 2 is 2.06 bits per heavy atom. The monoisotopic (exact) mass is 251 g/mol. The van der Waals surface area contributed by atoms with Crippen LogP contribution in [0.4, 0.5) is 0 Å². The van der Waals surface area contributed by atoms with Gasteiger partial charge in [-0.05, 0) is 70.2 Å². The van der Waals surface area contributed by atoms with Gasteiger partial charge in [-0.3, -0.25) is 0 Å². The first-order valence-corrected chi connectivity index (χ1v) is 7.87. The minimum atomic E-state index is 0.872. The number of rotatable bonds is 2. The lowest BCUT2D eigenvalue weighted by molar-refractivity contribution is 0.0314. The Hall–Kier alpha value is -0.120. The van der Waals surface area contributed by atoms with E-state index >= 15 is 0 Å². The lowest BCUT2D eigenvalue weighted by Crippen LogP contribution is -2.53. The summed E-state index contributed by atoms with van der Waals surface area (Å²) >= 11 is 0. The Morgan fingerprint density at radius 1 is 1.17 bits per heavy atom. The Labute approximate surface area is 112 Å². The van der Waals surface area contributed by atoms with Crippen LogP contribution in [0, 0.1) is 17.8 Å². The molecule has 3 saturated heterocycles. The average Bonchev–Trinajstić information content (AvgIpc) is 2.75. The molecule has 0 aliphatic carbocycles. The molecule has 3 aliphatic rings. The highest BCUT2D eigenvalue weighted by molar-refractivity contribution is 4.91. The van der Waals surface area contributed by atoms with Crippen LogP contribution in [0.25, 0.3) is 0 Å². The van der Waals surface area contributed by atoms with Crippen molar-refractivity contribution >= 4 is 0 Å². The Morgan fingerprint density at radius 3 is 2.83 bits per heavy atom. The largest absolute Gasteiger partial charge is 0.316 e. The van der Waals surface area contributed by atoms with Crippen molar-refractivity contribution in [3.63, 3.8) is 0 Å².